The van der Waals surface area contributed by atoms with Crippen LogP contribution in [0, 0.1) is 22.7 Å². The first kappa shape index (κ1) is 25.7. The number of hydrogen-bond acceptors (Lipinski definition) is 7. The summed E-state index contributed by atoms with van der Waals surface area (Å²) < 4.78 is 12.1. The zero-order valence-corrected chi connectivity index (χ0v) is 19.8. The van der Waals surface area contributed by atoms with E-state index in [1.165, 1.54) is 11.0 Å². The SMILES string of the molecule is COc1ccc(-c2nn(-c3ccccc3)cc2/C=C/C(=O)OCC(=O)N(CCC#N)CCC#N)cc1. The number of hydrogen-bond donors (Lipinski definition) is 0. The number of ether oxygens (including phenoxy) is 2. The van der Waals surface area contributed by atoms with Crippen molar-refractivity contribution in [2.75, 3.05) is 26.8 Å². The number of methoxy groups -OCH3 is 1. The Balaban J connectivity index is 1.75. The predicted molar refractivity (Wildman–Crippen MR) is 133 cm³/mol. The van der Waals surface area contributed by atoms with E-state index in [9.17, 15) is 9.59 Å². The van der Waals surface area contributed by atoms with E-state index < -0.39 is 18.5 Å². The molecule has 0 spiro atoms. The average molecular weight is 484 g/mol. The van der Waals surface area contributed by atoms with Gasteiger partial charge in [-0.05, 0) is 42.5 Å². The molecule has 0 aliphatic rings. The van der Waals surface area contributed by atoms with Gasteiger partial charge >= 0.3 is 5.97 Å². The Morgan fingerprint density at radius 3 is 2.31 bits per heavy atom. The third-order valence-corrected chi connectivity index (χ3v) is 5.20. The highest BCUT2D eigenvalue weighted by atomic mass is 16.5. The Morgan fingerprint density at radius 1 is 1.03 bits per heavy atom. The Kier molecular flexibility index (Phi) is 9.37. The Bertz CT molecular complexity index is 1270. The predicted octanol–water partition coefficient (Wildman–Crippen LogP) is 3.76. The van der Waals surface area contributed by atoms with E-state index in [1.807, 2.05) is 66.7 Å². The van der Waals surface area contributed by atoms with Crippen molar-refractivity contribution in [2.45, 2.75) is 12.8 Å². The summed E-state index contributed by atoms with van der Waals surface area (Å²) in [6.45, 7) is -0.128. The zero-order valence-electron chi connectivity index (χ0n) is 19.8. The smallest absolute Gasteiger partial charge is 0.331 e. The number of para-hydroxylation sites is 1. The fourth-order valence-electron chi connectivity index (χ4n) is 3.36. The minimum absolute atomic E-state index is 0.130. The third kappa shape index (κ3) is 7.05. The van der Waals surface area contributed by atoms with Crippen molar-refractivity contribution in [2.24, 2.45) is 0 Å². The number of esters is 1. The number of rotatable bonds is 11. The van der Waals surface area contributed by atoms with Crippen molar-refractivity contribution in [1.29, 1.82) is 10.5 Å². The van der Waals surface area contributed by atoms with Crippen molar-refractivity contribution in [1.82, 2.24) is 14.7 Å². The molecule has 9 heteroatoms. The molecule has 0 radical (unpaired) electrons. The van der Waals surface area contributed by atoms with Crippen LogP contribution in [0.5, 0.6) is 5.75 Å². The maximum absolute atomic E-state index is 12.4. The second-order valence-corrected chi connectivity index (χ2v) is 7.58. The summed E-state index contributed by atoms with van der Waals surface area (Å²) in [5, 5.41) is 22.2. The van der Waals surface area contributed by atoms with Gasteiger partial charge in [-0.15, -0.1) is 0 Å². The normalized spacial score (nSPS) is 10.4. The van der Waals surface area contributed by atoms with Crippen molar-refractivity contribution in [3.05, 3.63) is 72.4 Å². The molecule has 1 amide bonds. The summed E-state index contributed by atoms with van der Waals surface area (Å²) in [6.07, 6.45) is 4.88. The largest absolute Gasteiger partial charge is 0.497 e. The molecule has 3 rings (SSSR count). The number of aromatic nitrogens is 2. The zero-order chi connectivity index (χ0) is 25.8. The molecule has 182 valence electrons. The average Bonchev–Trinajstić information content (AvgIpc) is 3.35. The van der Waals surface area contributed by atoms with Crippen molar-refractivity contribution in [3.63, 3.8) is 0 Å². The van der Waals surface area contributed by atoms with E-state index in [0.29, 0.717) is 17.0 Å². The number of nitrogens with zero attached hydrogens (tertiary/aromatic N) is 5. The van der Waals surface area contributed by atoms with Gasteiger partial charge in [0.05, 0.1) is 43.5 Å². The molecule has 1 heterocycles. The van der Waals surface area contributed by atoms with E-state index in [2.05, 4.69) is 0 Å². The summed E-state index contributed by atoms with van der Waals surface area (Å²) in [5.74, 6) is -0.444. The topological polar surface area (TPSA) is 121 Å². The number of benzene rings is 2. The molecule has 0 fully saturated rings. The van der Waals surface area contributed by atoms with Crippen molar-refractivity contribution < 1.29 is 19.1 Å². The number of carbonyl (C=O) groups excluding carboxylic acids is 2. The molecule has 0 saturated carbocycles. The molecule has 0 unspecified atom stereocenters. The van der Waals surface area contributed by atoms with E-state index >= 15 is 0 Å². The maximum Gasteiger partial charge on any atom is 0.331 e. The molecule has 0 atom stereocenters. The fourth-order valence-corrected chi connectivity index (χ4v) is 3.36. The molecule has 0 bridgehead atoms. The van der Waals surface area contributed by atoms with Crippen LogP contribution in [-0.4, -0.2) is 53.4 Å². The lowest BCUT2D eigenvalue weighted by atomic mass is 10.1. The monoisotopic (exact) mass is 483 g/mol. The van der Waals surface area contributed by atoms with Gasteiger partial charge in [0.25, 0.3) is 5.91 Å². The third-order valence-electron chi connectivity index (χ3n) is 5.20. The lowest BCUT2D eigenvalue weighted by Gasteiger charge is -2.19. The Labute approximate surface area is 209 Å². The van der Waals surface area contributed by atoms with E-state index in [1.54, 1.807) is 24.1 Å². The molecule has 0 saturated heterocycles. The minimum Gasteiger partial charge on any atom is -0.497 e. The van der Waals surface area contributed by atoms with Crippen LogP contribution in [-0.2, 0) is 14.3 Å². The van der Waals surface area contributed by atoms with E-state index in [4.69, 9.17) is 25.1 Å². The van der Waals surface area contributed by atoms with E-state index in [-0.39, 0.29) is 25.9 Å². The second-order valence-electron chi connectivity index (χ2n) is 7.58. The highest BCUT2D eigenvalue weighted by Crippen LogP contribution is 2.26. The first-order valence-corrected chi connectivity index (χ1v) is 11.2. The summed E-state index contributed by atoms with van der Waals surface area (Å²) in [7, 11) is 1.59. The molecule has 2 aromatic carbocycles. The quantitative estimate of drug-likeness (QED) is 0.301. The van der Waals surface area contributed by atoms with Gasteiger partial charge in [0.2, 0.25) is 0 Å². The molecule has 3 aromatic rings. The summed E-state index contributed by atoms with van der Waals surface area (Å²) >= 11 is 0. The van der Waals surface area contributed by atoms with E-state index in [0.717, 1.165) is 11.3 Å². The highest BCUT2D eigenvalue weighted by molar-refractivity contribution is 5.90. The van der Waals surface area contributed by atoms with Gasteiger partial charge in [-0.3, -0.25) is 4.79 Å². The van der Waals surface area contributed by atoms with Gasteiger partial charge in [-0.1, -0.05) is 18.2 Å². The van der Waals surface area contributed by atoms with Crippen LogP contribution in [0.2, 0.25) is 0 Å². The summed E-state index contributed by atoms with van der Waals surface area (Å²) in [6, 6.07) is 20.9. The Hall–Kier alpha value is -4.89. The second kappa shape index (κ2) is 13.1. The molecule has 9 nitrogen and oxygen atoms in total. The summed E-state index contributed by atoms with van der Waals surface area (Å²) in [4.78, 5) is 26.1. The molecule has 1 aromatic heterocycles. The lowest BCUT2D eigenvalue weighted by molar-refractivity contribution is -0.148. The standard InChI is InChI=1S/C27H25N5O4/c1-35-24-12-9-21(10-13-24)27-22(19-32(30-27)23-7-3-2-4-8-23)11-14-26(34)36-20-25(33)31(17-5-15-28)18-6-16-29/h2-4,7-14,19H,5-6,17-18,20H2,1H3/b14-11+. The van der Waals surface area contributed by atoms with Crippen molar-refractivity contribution in [3.8, 4) is 34.8 Å². The number of carbonyl (C=O) groups is 2. The summed E-state index contributed by atoms with van der Waals surface area (Å²) in [5.41, 5.74) is 3.02. The molecule has 0 N–H and O–H groups in total. The molecular formula is C27H25N5O4. The molecular weight excluding hydrogens is 458 g/mol. The minimum atomic E-state index is -0.697. The van der Waals surface area contributed by atoms with Gasteiger partial charge in [0, 0.05) is 36.5 Å². The molecule has 36 heavy (non-hydrogen) atoms. The maximum atomic E-state index is 12.4. The van der Waals surface area contributed by atoms with Crippen LogP contribution < -0.4 is 4.74 Å². The molecule has 0 aliphatic heterocycles. The first-order chi connectivity index (χ1) is 17.5. The van der Waals surface area contributed by atoms with Crippen LogP contribution in [0.4, 0.5) is 0 Å². The van der Waals surface area contributed by atoms with Crippen LogP contribution in [0.25, 0.3) is 23.0 Å². The van der Waals surface area contributed by atoms with Gasteiger partial charge in [0.15, 0.2) is 6.61 Å². The van der Waals surface area contributed by atoms with Gasteiger partial charge in [-0.25, -0.2) is 9.48 Å². The van der Waals surface area contributed by atoms with Crippen LogP contribution in [0.15, 0.2) is 66.9 Å². The van der Waals surface area contributed by atoms with Crippen LogP contribution in [0.1, 0.15) is 18.4 Å². The van der Waals surface area contributed by atoms with Gasteiger partial charge in [0.1, 0.15) is 5.75 Å². The number of nitriles is 2. The van der Waals surface area contributed by atoms with Crippen LogP contribution in [0.3, 0.4) is 0 Å². The fraction of sp³-hybridized carbons (Fsp3) is 0.222. The first-order valence-electron chi connectivity index (χ1n) is 11.2. The van der Waals surface area contributed by atoms with Crippen molar-refractivity contribution >= 4 is 18.0 Å². The van der Waals surface area contributed by atoms with Gasteiger partial charge < -0.3 is 14.4 Å². The van der Waals surface area contributed by atoms with Crippen LogP contribution >= 0.6 is 0 Å². The molecule has 0 aliphatic carbocycles. The van der Waals surface area contributed by atoms with Gasteiger partial charge in [-0.2, -0.15) is 15.6 Å². The highest BCUT2D eigenvalue weighted by Gasteiger charge is 2.15. The Morgan fingerprint density at radius 2 is 1.69 bits per heavy atom. The number of amides is 1. The lowest BCUT2D eigenvalue weighted by Crippen LogP contribution is -2.36.